The number of thiocarbonyl (C=S) groups is 1. The molecule has 1 aromatic heterocycles. The van der Waals surface area contributed by atoms with Crippen molar-refractivity contribution in [1.82, 2.24) is 4.98 Å². The van der Waals surface area contributed by atoms with Crippen molar-refractivity contribution in [2.75, 3.05) is 0 Å². The predicted molar refractivity (Wildman–Crippen MR) is 77.7 cm³/mol. The van der Waals surface area contributed by atoms with Crippen LogP contribution in [0.25, 0.3) is 10.2 Å². The van der Waals surface area contributed by atoms with E-state index in [0.29, 0.717) is 0 Å². The zero-order valence-electron chi connectivity index (χ0n) is 10.4. The Labute approximate surface area is 110 Å². The third-order valence-electron chi connectivity index (χ3n) is 2.51. The third-order valence-corrected chi connectivity index (χ3v) is 4.05. The number of fused-ring (bicyclic) bond motifs is 1. The van der Waals surface area contributed by atoms with Crippen molar-refractivity contribution in [3.8, 4) is 0 Å². The zero-order chi connectivity index (χ0) is 12.6. The highest BCUT2D eigenvalue weighted by Crippen LogP contribution is 2.34. The molecule has 0 fully saturated rings. The number of nitrogens with zero attached hydrogens (tertiary/aromatic N) is 2. The Hall–Kier alpha value is -1.09. The Bertz CT molecular complexity index is 614. The van der Waals surface area contributed by atoms with Crippen LogP contribution in [0.4, 0.5) is 5.69 Å². The number of aliphatic imine (C=N–C) groups is 1. The molecular weight excluding hydrogens is 248 g/mol. The van der Waals surface area contributed by atoms with Crippen LogP contribution in [0.3, 0.4) is 0 Å². The first-order valence-electron chi connectivity index (χ1n) is 5.41. The molecule has 0 saturated carbocycles. The van der Waals surface area contributed by atoms with Crippen LogP contribution < -0.4 is 0 Å². The highest BCUT2D eigenvalue weighted by molar-refractivity contribution is 7.78. The van der Waals surface area contributed by atoms with Crippen LogP contribution in [-0.4, -0.2) is 10.1 Å². The van der Waals surface area contributed by atoms with E-state index in [1.165, 1.54) is 0 Å². The fourth-order valence-corrected chi connectivity index (χ4v) is 2.69. The Morgan fingerprint density at radius 1 is 1.35 bits per heavy atom. The maximum Gasteiger partial charge on any atom is 0.0992 e. The van der Waals surface area contributed by atoms with Gasteiger partial charge in [-0.05, 0) is 36.8 Å². The molecule has 2 rings (SSSR count). The second-order valence-corrected chi connectivity index (χ2v) is 6.29. The van der Waals surface area contributed by atoms with Crippen molar-refractivity contribution in [1.29, 1.82) is 0 Å². The fraction of sp³-hybridized carbons (Fsp3) is 0.385. The van der Waals surface area contributed by atoms with Gasteiger partial charge in [0, 0.05) is 5.41 Å². The molecule has 2 nitrogen and oxygen atoms in total. The van der Waals surface area contributed by atoms with Crippen molar-refractivity contribution >= 4 is 44.6 Å². The number of hydrogen-bond acceptors (Lipinski definition) is 4. The first kappa shape index (κ1) is 12.4. The van der Waals surface area contributed by atoms with Crippen molar-refractivity contribution < 1.29 is 0 Å². The maximum absolute atomic E-state index is 4.68. The van der Waals surface area contributed by atoms with Gasteiger partial charge in [0.25, 0.3) is 0 Å². The fourth-order valence-electron chi connectivity index (χ4n) is 1.56. The molecular formula is C13H14N2S2. The molecule has 17 heavy (non-hydrogen) atoms. The van der Waals surface area contributed by atoms with Crippen molar-refractivity contribution in [2.45, 2.75) is 33.1 Å². The molecule has 0 saturated heterocycles. The first-order valence-corrected chi connectivity index (χ1v) is 6.64. The number of aryl methyl sites for hydroxylation is 1. The smallest absolute Gasteiger partial charge is 0.0992 e. The van der Waals surface area contributed by atoms with Crippen LogP contribution in [0, 0.1) is 6.92 Å². The van der Waals surface area contributed by atoms with Crippen LogP contribution in [0.5, 0.6) is 0 Å². The molecule has 1 aromatic carbocycles. The van der Waals surface area contributed by atoms with E-state index in [1.54, 1.807) is 11.3 Å². The number of benzene rings is 1. The Balaban J connectivity index is 2.66. The summed E-state index contributed by atoms with van der Waals surface area (Å²) in [6, 6.07) is 4.10. The van der Waals surface area contributed by atoms with Crippen LogP contribution in [0.1, 0.15) is 31.3 Å². The maximum atomic E-state index is 4.68. The van der Waals surface area contributed by atoms with Crippen molar-refractivity contribution in [3.05, 3.63) is 22.7 Å². The average molecular weight is 262 g/mol. The largest absolute Gasteiger partial charge is 0.241 e. The molecule has 2 aromatic rings. The number of hydrogen-bond donors (Lipinski definition) is 0. The second-order valence-electron chi connectivity index (χ2n) is 5.08. The molecule has 0 radical (unpaired) electrons. The van der Waals surface area contributed by atoms with Crippen LogP contribution in [0.15, 0.2) is 17.1 Å². The molecule has 0 aliphatic heterocycles. The van der Waals surface area contributed by atoms with Gasteiger partial charge in [0.2, 0.25) is 0 Å². The molecule has 1 heterocycles. The summed E-state index contributed by atoms with van der Waals surface area (Å²) in [6.45, 7) is 8.54. The van der Waals surface area contributed by atoms with Gasteiger partial charge < -0.3 is 0 Å². The van der Waals surface area contributed by atoms with E-state index in [-0.39, 0.29) is 5.41 Å². The van der Waals surface area contributed by atoms with E-state index in [9.17, 15) is 0 Å². The Morgan fingerprint density at radius 2 is 2.06 bits per heavy atom. The molecule has 88 valence electrons. The van der Waals surface area contributed by atoms with Crippen LogP contribution in [-0.2, 0) is 5.41 Å². The highest BCUT2D eigenvalue weighted by Gasteiger charge is 2.19. The van der Waals surface area contributed by atoms with Gasteiger partial charge >= 0.3 is 0 Å². The van der Waals surface area contributed by atoms with E-state index in [2.05, 4.69) is 54.2 Å². The van der Waals surface area contributed by atoms with Gasteiger partial charge in [0.15, 0.2) is 0 Å². The Morgan fingerprint density at radius 3 is 2.65 bits per heavy atom. The lowest BCUT2D eigenvalue weighted by Crippen LogP contribution is -2.09. The molecule has 0 aliphatic carbocycles. The van der Waals surface area contributed by atoms with E-state index in [4.69, 9.17) is 0 Å². The molecule has 0 N–H and O–H groups in total. The minimum absolute atomic E-state index is 0.0885. The lowest BCUT2D eigenvalue weighted by molar-refractivity contribution is 0.587. The molecule has 0 bridgehead atoms. The average Bonchev–Trinajstić information content (AvgIpc) is 2.61. The van der Waals surface area contributed by atoms with Gasteiger partial charge in [0.05, 0.1) is 26.1 Å². The van der Waals surface area contributed by atoms with Gasteiger partial charge in [-0.25, -0.2) is 4.98 Å². The van der Waals surface area contributed by atoms with Gasteiger partial charge in [-0.1, -0.05) is 20.8 Å². The van der Waals surface area contributed by atoms with Crippen LogP contribution in [0.2, 0.25) is 0 Å². The van der Waals surface area contributed by atoms with Gasteiger partial charge in [-0.15, -0.1) is 11.3 Å². The summed E-state index contributed by atoms with van der Waals surface area (Å²) in [5.74, 6) is 0. The van der Waals surface area contributed by atoms with E-state index in [0.717, 1.165) is 26.5 Å². The van der Waals surface area contributed by atoms with E-state index >= 15 is 0 Å². The van der Waals surface area contributed by atoms with Gasteiger partial charge in [0.1, 0.15) is 0 Å². The molecule has 0 unspecified atom stereocenters. The van der Waals surface area contributed by atoms with Gasteiger partial charge in [-0.3, -0.25) is 0 Å². The summed E-state index contributed by atoms with van der Waals surface area (Å²) in [7, 11) is 0. The number of thiazole rings is 1. The monoisotopic (exact) mass is 262 g/mol. The predicted octanol–water partition coefficient (Wildman–Crippen LogP) is 4.64. The lowest BCUT2D eigenvalue weighted by Gasteiger charge is -2.13. The summed E-state index contributed by atoms with van der Waals surface area (Å²) < 4.78 is 1.16. The standard InChI is InChI=1S/C13H14N2S2/c1-8-5-10-11(6-9(8)14-7-16)17-12(15-10)13(2,3)4/h5-6H,1-4H3. The summed E-state index contributed by atoms with van der Waals surface area (Å²) in [5.41, 5.74) is 3.10. The molecule has 0 amide bonds. The highest BCUT2D eigenvalue weighted by atomic mass is 32.1. The van der Waals surface area contributed by atoms with Crippen LogP contribution >= 0.6 is 23.6 Å². The summed E-state index contributed by atoms with van der Waals surface area (Å²) in [4.78, 5) is 8.75. The van der Waals surface area contributed by atoms with Crippen molar-refractivity contribution in [3.63, 3.8) is 0 Å². The number of rotatable bonds is 1. The third kappa shape index (κ3) is 2.44. The number of isothiocyanates is 1. The number of aromatic nitrogens is 1. The SMILES string of the molecule is Cc1cc2nc(C(C)(C)C)sc2cc1N=C=S. The zero-order valence-corrected chi connectivity index (χ0v) is 12.0. The summed E-state index contributed by atoms with van der Waals surface area (Å²) in [6.07, 6.45) is 0. The van der Waals surface area contributed by atoms with E-state index < -0.39 is 0 Å². The van der Waals surface area contributed by atoms with Gasteiger partial charge in [-0.2, -0.15) is 4.99 Å². The van der Waals surface area contributed by atoms with Crippen molar-refractivity contribution in [2.24, 2.45) is 4.99 Å². The molecule has 4 heteroatoms. The second kappa shape index (κ2) is 4.30. The minimum atomic E-state index is 0.0885. The lowest BCUT2D eigenvalue weighted by atomic mass is 9.98. The quantitative estimate of drug-likeness (QED) is 0.552. The topological polar surface area (TPSA) is 25.2 Å². The Kier molecular flexibility index (Phi) is 3.13. The summed E-state index contributed by atoms with van der Waals surface area (Å²) in [5, 5.41) is 3.57. The molecule has 0 spiro atoms. The van der Waals surface area contributed by atoms with E-state index in [1.807, 2.05) is 13.0 Å². The molecule has 0 atom stereocenters. The molecule has 0 aliphatic rings. The minimum Gasteiger partial charge on any atom is -0.241 e. The summed E-state index contributed by atoms with van der Waals surface area (Å²) >= 11 is 6.37. The first-order chi connectivity index (χ1) is 7.91. The normalized spacial score (nSPS) is 11.5.